The topological polar surface area (TPSA) is 47.6 Å². The average molecular weight is 313 g/mol. The summed E-state index contributed by atoms with van der Waals surface area (Å²) in [6.07, 6.45) is 0. The Morgan fingerprint density at radius 1 is 1.04 bits per heavy atom. The van der Waals surface area contributed by atoms with Crippen molar-refractivity contribution >= 4 is 11.7 Å². The number of hydrogen-bond acceptors (Lipinski definition) is 4. The van der Waals surface area contributed by atoms with E-state index in [-0.39, 0.29) is 5.97 Å². The van der Waals surface area contributed by atoms with Crippen LogP contribution in [0.4, 0.5) is 5.69 Å². The van der Waals surface area contributed by atoms with Crippen LogP contribution >= 0.6 is 0 Å². The largest absolute Gasteiger partial charge is 0.492 e. The third-order valence-corrected chi connectivity index (χ3v) is 3.83. The molecular formula is C19H23NO3. The van der Waals surface area contributed by atoms with Gasteiger partial charge in [0, 0.05) is 6.54 Å². The van der Waals surface area contributed by atoms with Crippen LogP contribution in [0.2, 0.25) is 0 Å². The summed E-state index contributed by atoms with van der Waals surface area (Å²) < 4.78 is 10.6. The Morgan fingerprint density at radius 3 is 2.52 bits per heavy atom. The average Bonchev–Trinajstić information content (AvgIpc) is 2.55. The first-order valence-electron chi connectivity index (χ1n) is 7.64. The number of hydrogen-bond donors (Lipinski definition) is 1. The fourth-order valence-electron chi connectivity index (χ4n) is 2.33. The quantitative estimate of drug-likeness (QED) is 0.649. The van der Waals surface area contributed by atoms with E-state index in [0.717, 1.165) is 17.0 Å². The first kappa shape index (κ1) is 16.9. The molecule has 0 aliphatic carbocycles. The molecule has 0 atom stereocenters. The van der Waals surface area contributed by atoms with Crippen LogP contribution in [0.1, 0.15) is 27.0 Å². The smallest absolute Gasteiger partial charge is 0.339 e. The second-order valence-corrected chi connectivity index (χ2v) is 5.51. The molecule has 4 heteroatoms. The van der Waals surface area contributed by atoms with E-state index < -0.39 is 0 Å². The molecule has 0 aliphatic heterocycles. The van der Waals surface area contributed by atoms with Crippen LogP contribution < -0.4 is 10.1 Å². The highest BCUT2D eigenvalue weighted by Gasteiger charge is 2.13. The molecule has 2 aromatic carbocycles. The van der Waals surface area contributed by atoms with Crippen LogP contribution in [0, 0.1) is 20.8 Å². The van der Waals surface area contributed by atoms with Crippen molar-refractivity contribution in [1.29, 1.82) is 0 Å². The molecule has 0 saturated heterocycles. The van der Waals surface area contributed by atoms with E-state index in [0.29, 0.717) is 18.7 Å². The second-order valence-electron chi connectivity index (χ2n) is 5.51. The number of esters is 1. The van der Waals surface area contributed by atoms with Gasteiger partial charge < -0.3 is 14.8 Å². The molecule has 0 bridgehead atoms. The summed E-state index contributed by atoms with van der Waals surface area (Å²) >= 11 is 0. The summed E-state index contributed by atoms with van der Waals surface area (Å²) in [7, 11) is 1.39. The lowest BCUT2D eigenvalue weighted by molar-refractivity contribution is 0.0601. The van der Waals surface area contributed by atoms with E-state index in [1.807, 2.05) is 31.2 Å². The van der Waals surface area contributed by atoms with Crippen LogP contribution in [0.25, 0.3) is 0 Å². The van der Waals surface area contributed by atoms with Crippen LogP contribution in [0.15, 0.2) is 36.4 Å². The van der Waals surface area contributed by atoms with Gasteiger partial charge in [-0.1, -0.05) is 18.2 Å². The van der Waals surface area contributed by atoms with Crippen molar-refractivity contribution in [2.75, 3.05) is 25.6 Å². The van der Waals surface area contributed by atoms with Crippen molar-refractivity contribution in [2.24, 2.45) is 0 Å². The summed E-state index contributed by atoms with van der Waals surface area (Å²) in [5, 5.41) is 3.27. The Bertz CT molecular complexity index is 695. The Kier molecular flexibility index (Phi) is 5.63. The molecule has 0 aliphatic rings. The molecule has 0 spiro atoms. The van der Waals surface area contributed by atoms with Crippen molar-refractivity contribution in [3.63, 3.8) is 0 Å². The Balaban J connectivity index is 1.96. The number of para-hydroxylation sites is 1. The number of benzene rings is 2. The summed E-state index contributed by atoms with van der Waals surface area (Å²) in [4.78, 5) is 11.8. The van der Waals surface area contributed by atoms with Gasteiger partial charge in [0.15, 0.2) is 0 Å². The SMILES string of the molecule is COC(=O)c1cccc(C)c1NCCOc1ccc(C)c(C)c1. The standard InChI is InChI=1S/C19H23NO3/c1-13-8-9-16(12-15(13)3)23-11-10-20-18-14(2)6-5-7-17(18)19(21)22-4/h5-9,12,20H,10-11H2,1-4H3. The fourth-order valence-corrected chi connectivity index (χ4v) is 2.33. The summed E-state index contributed by atoms with van der Waals surface area (Å²) in [5.41, 5.74) is 4.79. The van der Waals surface area contributed by atoms with Gasteiger partial charge >= 0.3 is 5.97 Å². The van der Waals surface area contributed by atoms with E-state index in [2.05, 4.69) is 25.2 Å². The van der Waals surface area contributed by atoms with Crippen molar-refractivity contribution in [3.05, 3.63) is 58.7 Å². The molecule has 4 nitrogen and oxygen atoms in total. The van der Waals surface area contributed by atoms with Gasteiger partial charge in [0.1, 0.15) is 12.4 Å². The zero-order valence-electron chi connectivity index (χ0n) is 14.1. The number of nitrogens with one attached hydrogen (secondary N) is 1. The number of carbonyl (C=O) groups excluding carboxylic acids is 1. The van der Waals surface area contributed by atoms with E-state index in [4.69, 9.17) is 9.47 Å². The third-order valence-electron chi connectivity index (χ3n) is 3.83. The normalized spacial score (nSPS) is 10.3. The maximum atomic E-state index is 11.8. The lowest BCUT2D eigenvalue weighted by atomic mass is 10.1. The highest BCUT2D eigenvalue weighted by atomic mass is 16.5. The molecular weight excluding hydrogens is 290 g/mol. The maximum Gasteiger partial charge on any atom is 0.339 e. The molecule has 0 amide bonds. The summed E-state index contributed by atoms with van der Waals surface area (Å²) in [5.74, 6) is 0.513. The number of carbonyl (C=O) groups is 1. The van der Waals surface area contributed by atoms with Crippen LogP contribution in [-0.2, 0) is 4.74 Å². The first-order chi connectivity index (χ1) is 11.0. The van der Waals surface area contributed by atoms with Gasteiger partial charge in [-0.2, -0.15) is 0 Å². The first-order valence-corrected chi connectivity index (χ1v) is 7.64. The lowest BCUT2D eigenvalue weighted by Crippen LogP contribution is -2.15. The van der Waals surface area contributed by atoms with E-state index in [1.165, 1.54) is 18.2 Å². The van der Waals surface area contributed by atoms with Gasteiger partial charge in [0.05, 0.1) is 18.4 Å². The van der Waals surface area contributed by atoms with Crippen molar-refractivity contribution in [2.45, 2.75) is 20.8 Å². The Hall–Kier alpha value is -2.49. The predicted molar refractivity (Wildman–Crippen MR) is 92.4 cm³/mol. The van der Waals surface area contributed by atoms with Crippen LogP contribution in [-0.4, -0.2) is 26.2 Å². The van der Waals surface area contributed by atoms with Gasteiger partial charge in [-0.15, -0.1) is 0 Å². The zero-order valence-corrected chi connectivity index (χ0v) is 14.1. The number of methoxy groups -OCH3 is 1. The molecule has 0 heterocycles. The van der Waals surface area contributed by atoms with E-state index in [9.17, 15) is 4.79 Å². The highest BCUT2D eigenvalue weighted by Crippen LogP contribution is 2.21. The predicted octanol–water partition coefficient (Wildman–Crippen LogP) is 3.89. The number of anilines is 1. The molecule has 1 N–H and O–H groups in total. The monoisotopic (exact) mass is 313 g/mol. The summed E-state index contributed by atoms with van der Waals surface area (Å²) in [6, 6.07) is 11.6. The Labute approximate surface area is 137 Å². The number of aryl methyl sites for hydroxylation is 3. The summed E-state index contributed by atoms with van der Waals surface area (Å²) in [6.45, 7) is 7.21. The molecule has 0 radical (unpaired) electrons. The zero-order chi connectivity index (χ0) is 16.8. The van der Waals surface area contributed by atoms with Gasteiger partial charge in [-0.05, 0) is 55.7 Å². The lowest BCUT2D eigenvalue weighted by Gasteiger charge is -2.14. The van der Waals surface area contributed by atoms with Gasteiger partial charge in [-0.3, -0.25) is 0 Å². The fraction of sp³-hybridized carbons (Fsp3) is 0.316. The molecule has 2 aromatic rings. The van der Waals surface area contributed by atoms with Gasteiger partial charge in [0.2, 0.25) is 0 Å². The van der Waals surface area contributed by atoms with Gasteiger partial charge in [-0.25, -0.2) is 4.79 Å². The van der Waals surface area contributed by atoms with Crippen LogP contribution in [0.3, 0.4) is 0 Å². The minimum Gasteiger partial charge on any atom is -0.492 e. The third kappa shape index (κ3) is 4.25. The van der Waals surface area contributed by atoms with E-state index in [1.54, 1.807) is 6.07 Å². The van der Waals surface area contributed by atoms with E-state index >= 15 is 0 Å². The molecule has 0 aromatic heterocycles. The minimum atomic E-state index is -0.341. The minimum absolute atomic E-state index is 0.341. The molecule has 23 heavy (non-hydrogen) atoms. The highest BCUT2D eigenvalue weighted by molar-refractivity contribution is 5.96. The molecule has 122 valence electrons. The van der Waals surface area contributed by atoms with Gasteiger partial charge in [0.25, 0.3) is 0 Å². The second kappa shape index (κ2) is 7.68. The number of ether oxygens (including phenoxy) is 2. The van der Waals surface area contributed by atoms with Crippen molar-refractivity contribution in [1.82, 2.24) is 0 Å². The molecule has 2 rings (SSSR count). The molecule has 0 unspecified atom stereocenters. The maximum absolute atomic E-state index is 11.8. The molecule has 0 saturated carbocycles. The van der Waals surface area contributed by atoms with Crippen molar-refractivity contribution in [3.8, 4) is 5.75 Å². The molecule has 0 fully saturated rings. The Morgan fingerprint density at radius 2 is 1.83 bits per heavy atom. The van der Waals surface area contributed by atoms with Crippen molar-refractivity contribution < 1.29 is 14.3 Å². The number of rotatable bonds is 6. The van der Waals surface area contributed by atoms with Crippen LogP contribution in [0.5, 0.6) is 5.75 Å².